The van der Waals surface area contributed by atoms with Crippen LogP contribution in [0.2, 0.25) is 0 Å². The first-order valence-electron chi connectivity index (χ1n) is 6.42. The Morgan fingerprint density at radius 3 is 2.50 bits per heavy atom. The molecule has 2 aromatic rings. The number of pyridine rings is 1. The third kappa shape index (κ3) is 4.34. The lowest BCUT2D eigenvalue weighted by Gasteiger charge is -2.08. The Bertz CT molecular complexity index is 734. The Labute approximate surface area is 127 Å². The summed E-state index contributed by atoms with van der Waals surface area (Å²) in [5.74, 6) is -0.850. The SMILES string of the molecule is O=C(NCCNS(=O)(=O)c1ccc(F)cc1)c1cccnc1. The topological polar surface area (TPSA) is 88.2 Å². The van der Waals surface area contributed by atoms with Crippen molar-refractivity contribution in [1.29, 1.82) is 0 Å². The standard InChI is InChI=1S/C14H14FN3O3S/c15-12-3-5-13(6-4-12)22(20,21)18-9-8-17-14(19)11-2-1-7-16-10-11/h1-7,10,18H,8-9H2,(H,17,19). The second kappa shape index (κ2) is 7.10. The number of benzene rings is 1. The molecule has 0 radical (unpaired) electrons. The van der Waals surface area contributed by atoms with Crippen molar-refractivity contribution >= 4 is 15.9 Å². The van der Waals surface area contributed by atoms with E-state index in [4.69, 9.17) is 0 Å². The van der Waals surface area contributed by atoms with E-state index < -0.39 is 15.8 Å². The van der Waals surface area contributed by atoms with Gasteiger partial charge in [-0.2, -0.15) is 0 Å². The van der Waals surface area contributed by atoms with Gasteiger partial charge in [0.15, 0.2) is 0 Å². The van der Waals surface area contributed by atoms with Crippen LogP contribution in [0.15, 0.2) is 53.7 Å². The molecule has 6 nitrogen and oxygen atoms in total. The zero-order valence-electron chi connectivity index (χ0n) is 11.5. The average Bonchev–Trinajstić information content (AvgIpc) is 2.52. The number of rotatable bonds is 6. The van der Waals surface area contributed by atoms with E-state index in [9.17, 15) is 17.6 Å². The molecule has 8 heteroatoms. The van der Waals surface area contributed by atoms with Crippen molar-refractivity contribution in [3.05, 3.63) is 60.2 Å². The number of nitrogens with zero attached hydrogens (tertiary/aromatic N) is 1. The molecule has 0 aliphatic carbocycles. The molecule has 0 unspecified atom stereocenters. The Morgan fingerprint density at radius 1 is 1.14 bits per heavy atom. The van der Waals surface area contributed by atoms with E-state index in [1.807, 2.05) is 0 Å². The Hall–Kier alpha value is -2.32. The maximum absolute atomic E-state index is 12.8. The molecular weight excluding hydrogens is 309 g/mol. The Kier molecular flexibility index (Phi) is 5.18. The zero-order chi connectivity index (χ0) is 16.0. The molecule has 0 saturated heterocycles. The molecule has 0 saturated carbocycles. The summed E-state index contributed by atoms with van der Waals surface area (Å²) in [6, 6.07) is 7.71. The van der Waals surface area contributed by atoms with Gasteiger partial charge in [-0.25, -0.2) is 17.5 Å². The fourth-order valence-electron chi connectivity index (χ4n) is 1.66. The molecule has 2 rings (SSSR count). The molecule has 0 bridgehead atoms. The smallest absolute Gasteiger partial charge is 0.252 e. The minimum Gasteiger partial charge on any atom is -0.351 e. The van der Waals surface area contributed by atoms with Crippen LogP contribution in [0.4, 0.5) is 4.39 Å². The molecule has 1 amide bonds. The predicted octanol–water partition coefficient (Wildman–Crippen LogP) is 0.929. The van der Waals surface area contributed by atoms with Crippen LogP contribution in [0, 0.1) is 5.82 Å². The van der Waals surface area contributed by atoms with E-state index in [0.29, 0.717) is 5.56 Å². The molecule has 22 heavy (non-hydrogen) atoms. The fourth-order valence-corrected chi connectivity index (χ4v) is 2.69. The van der Waals surface area contributed by atoms with Crippen molar-refractivity contribution in [2.45, 2.75) is 4.90 Å². The summed E-state index contributed by atoms with van der Waals surface area (Å²) in [6.45, 7) is 0.139. The molecule has 1 aromatic carbocycles. The van der Waals surface area contributed by atoms with E-state index >= 15 is 0 Å². The summed E-state index contributed by atoms with van der Waals surface area (Å²) in [5, 5.41) is 2.57. The summed E-state index contributed by atoms with van der Waals surface area (Å²) < 4.78 is 38.9. The number of halogens is 1. The van der Waals surface area contributed by atoms with Crippen LogP contribution in [0.5, 0.6) is 0 Å². The van der Waals surface area contributed by atoms with E-state index in [1.54, 1.807) is 18.3 Å². The number of nitrogens with one attached hydrogen (secondary N) is 2. The van der Waals surface area contributed by atoms with Gasteiger partial charge in [0.05, 0.1) is 10.5 Å². The molecule has 0 aliphatic rings. The van der Waals surface area contributed by atoms with Gasteiger partial charge in [0.1, 0.15) is 5.82 Å². The van der Waals surface area contributed by atoms with Gasteiger partial charge < -0.3 is 5.32 Å². The lowest BCUT2D eigenvalue weighted by molar-refractivity contribution is 0.0954. The highest BCUT2D eigenvalue weighted by molar-refractivity contribution is 7.89. The molecule has 1 aromatic heterocycles. The van der Waals surface area contributed by atoms with Gasteiger partial charge >= 0.3 is 0 Å². The van der Waals surface area contributed by atoms with Gasteiger partial charge in [0, 0.05) is 25.5 Å². The molecular formula is C14H14FN3O3S. The molecule has 1 heterocycles. The van der Waals surface area contributed by atoms with Crippen LogP contribution < -0.4 is 10.0 Å². The summed E-state index contributed by atoms with van der Waals surface area (Å²) in [5.41, 5.74) is 0.392. The summed E-state index contributed by atoms with van der Waals surface area (Å²) in [7, 11) is -3.72. The number of carbonyl (C=O) groups excluding carboxylic acids is 1. The normalized spacial score (nSPS) is 11.1. The van der Waals surface area contributed by atoms with Crippen LogP contribution in [0.1, 0.15) is 10.4 Å². The van der Waals surface area contributed by atoms with Crippen molar-refractivity contribution in [2.75, 3.05) is 13.1 Å². The van der Waals surface area contributed by atoms with Crippen molar-refractivity contribution in [1.82, 2.24) is 15.0 Å². The summed E-state index contributed by atoms with van der Waals surface area (Å²) in [6.07, 6.45) is 2.96. The largest absolute Gasteiger partial charge is 0.351 e. The first-order valence-corrected chi connectivity index (χ1v) is 7.91. The molecule has 0 spiro atoms. The zero-order valence-corrected chi connectivity index (χ0v) is 12.3. The first-order chi connectivity index (χ1) is 10.5. The van der Waals surface area contributed by atoms with Crippen molar-refractivity contribution < 1.29 is 17.6 Å². The van der Waals surface area contributed by atoms with Crippen LogP contribution in [-0.2, 0) is 10.0 Å². The minimum atomic E-state index is -3.72. The molecule has 0 aliphatic heterocycles. The number of hydrogen-bond donors (Lipinski definition) is 2. The molecule has 0 atom stereocenters. The van der Waals surface area contributed by atoms with Crippen LogP contribution in [0.25, 0.3) is 0 Å². The second-order valence-corrected chi connectivity index (χ2v) is 6.12. The van der Waals surface area contributed by atoms with Crippen molar-refractivity contribution in [2.24, 2.45) is 0 Å². The van der Waals surface area contributed by atoms with Gasteiger partial charge in [-0.15, -0.1) is 0 Å². The quantitative estimate of drug-likeness (QED) is 0.774. The highest BCUT2D eigenvalue weighted by Gasteiger charge is 2.13. The highest BCUT2D eigenvalue weighted by Crippen LogP contribution is 2.08. The molecule has 2 N–H and O–H groups in total. The monoisotopic (exact) mass is 323 g/mol. The molecule has 0 fully saturated rings. The predicted molar refractivity (Wildman–Crippen MR) is 78.2 cm³/mol. The third-order valence-electron chi connectivity index (χ3n) is 2.75. The number of carbonyl (C=O) groups is 1. The van der Waals surface area contributed by atoms with E-state index in [2.05, 4.69) is 15.0 Å². The Morgan fingerprint density at radius 2 is 1.86 bits per heavy atom. The number of amides is 1. The van der Waals surface area contributed by atoms with Crippen molar-refractivity contribution in [3.8, 4) is 0 Å². The molecule has 116 valence electrons. The fraction of sp³-hybridized carbons (Fsp3) is 0.143. The van der Waals surface area contributed by atoms with E-state index in [1.165, 1.54) is 18.3 Å². The van der Waals surface area contributed by atoms with Gasteiger partial charge in [0.2, 0.25) is 10.0 Å². The van der Waals surface area contributed by atoms with Gasteiger partial charge in [-0.3, -0.25) is 9.78 Å². The number of hydrogen-bond acceptors (Lipinski definition) is 4. The van der Waals surface area contributed by atoms with E-state index in [0.717, 1.165) is 12.1 Å². The van der Waals surface area contributed by atoms with Gasteiger partial charge in [-0.05, 0) is 36.4 Å². The maximum Gasteiger partial charge on any atom is 0.252 e. The van der Waals surface area contributed by atoms with Gasteiger partial charge in [0.25, 0.3) is 5.91 Å². The summed E-state index contributed by atoms with van der Waals surface area (Å²) >= 11 is 0. The lowest BCUT2D eigenvalue weighted by Crippen LogP contribution is -2.34. The van der Waals surface area contributed by atoms with Crippen LogP contribution in [0.3, 0.4) is 0 Å². The summed E-state index contributed by atoms with van der Waals surface area (Å²) in [4.78, 5) is 15.5. The minimum absolute atomic E-state index is 0.0196. The number of aromatic nitrogens is 1. The average molecular weight is 323 g/mol. The van der Waals surface area contributed by atoms with Gasteiger partial charge in [-0.1, -0.05) is 0 Å². The highest BCUT2D eigenvalue weighted by atomic mass is 32.2. The first kappa shape index (κ1) is 16.1. The lowest BCUT2D eigenvalue weighted by atomic mass is 10.3. The van der Waals surface area contributed by atoms with Crippen LogP contribution in [-0.4, -0.2) is 32.4 Å². The van der Waals surface area contributed by atoms with E-state index in [-0.39, 0.29) is 23.9 Å². The van der Waals surface area contributed by atoms with Crippen LogP contribution >= 0.6 is 0 Å². The third-order valence-corrected chi connectivity index (χ3v) is 4.23. The Balaban J connectivity index is 1.83. The number of sulfonamides is 1. The maximum atomic E-state index is 12.8. The van der Waals surface area contributed by atoms with Crippen molar-refractivity contribution in [3.63, 3.8) is 0 Å². The second-order valence-electron chi connectivity index (χ2n) is 4.35.